The number of carbonyl (C=O) groups excluding carboxylic acids is 4. The van der Waals surface area contributed by atoms with Gasteiger partial charge in [0.1, 0.15) is 5.92 Å². The zero-order valence-electron chi connectivity index (χ0n) is 21.1. The van der Waals surface area contributed by atoms with E-state index in [9.17, 15) is 19.2 Å². The molecule has 1 aromatic heterocycles. The number of nitrogens with one attached hydrogen (secondary N) is 1. The van der Waals surface area contributed by atoms with E-state index < -0.39 is 35.5 Å². The van der Waals surface area contributed by atoms with Gasteiger partial charge in [-0.1, -0.05) is 58.1 Å². The Bertz CT molecular complexity index is 1300. The SMILES string of the molecule is CC(C)=CCCC(C)=CCCC(C)=CCc1c(Cl)cc(Cl)c2c(C3C(=O)C(=O)CC(=O)C3=O)c[nH]c12. The highest BCUT2D eigenvalue weighted by molar-refractivity contribution is 6.61. The number of aromatic nitrogens is 1. The number of H-pyrrole nitrogens is 1. The molecule has 5 nitrogen and oxygen atoms in total. The van der Waals surface area contributed by atoms with Gasteiger partial charge in [0.05, 0.1) is 17.0 Å². The summed E-state index contributed by atoms with van der Waals surface area (Å²) < 4.78 is 0. The van der Waals surface area contributed by atoms with Crippen LogP contribution in [0.5, 0.6) is 0 Å². The number of fused-ring (bicyclic) bond motifs is 1. The minimum atomic E-state index is -1.47. The molecule has 1 aliphatic carbocycles. The molecule has 36 heavy (non-hydrogen) atoms. The average Bonchev–Trinajstić information content (AvgIpc) is 3.22. The van der Waals surface area contributed by atoms with Gasteiger partial charge in [-0.2, -0.15) is 0 Å². The Morgan fingerprint density at radius 3 is 2.08 bits per heavy atom. The quantitative estimate of drug-likeness (QED) is 0.212. The van der Waals surface area contributed by atoms with Crippen LogP contribution in [0.1, 0.15) is 76.8 Å². The molecule has 0 atom stereocenters. The third kappa shape index (κ3) is 6.32. The van der Waals surface area contributed by atoms with Crippen LogP contribution in [0.4, 0.5) is 0 Å². The summed E-state index contributed by atoms with van der Waals surface area (Å²) in [5.41, 5.74) is 5.52. The normalized spacial score (nSPS) is 15.8. The number of rotatable bonds is 9. The van der Waals surface area contributed by atoms with E-state index in [0.29, 0.717) is 22.3 Å². The molecule has 0 radical (unpaired) electrons. The summed E-state index contributed by atoms with van der Waals surface area (Å²) in [6, 6.07) is 1.57. The van der Waals surface area contributed by atoms with Gasteiger partial charge in [0.2, 0.25) is 23.1 Å². The topological polar surface area (TPSA) is 84.1 Å². The van der Waals surface area contributed by atoms with Gasteiger partial charge in [-0.05, 0) is 77.0 Å². The number of allylic oxidation sites excluding steroid dienone is 6. The molecular weight excluding hydrogens is 497 g/mol. The van der Waals surface area contributed by atoms with Crippen molar-refractivity contribution in [3.8, 4) is 0 Å². The molecule has 1 heterocycles. The summed E-state index contributed by atoms with van der Waals surface area (Å²) in [5, 5.41) is 1.13. The van der Waals surface area contributed by atoms with Gasteiger partial charge in [-0.15, -0.1) is 0 Å². The van der Waals surface area contributed by atoms with Gasteiger partial charge in [-0.3, -0.25) is 19.2 Å². The standard InChI is InChI=1S/C29H31Cl2NO4/c1-16(2)7-5-8-17(3)9-6-10-18(4)11-12-19-21(30)13-22(31)25-20(15-32-27(19)25)26-28(35)23(33)14-24(34)29(26)36/h7,9,11,13,15,26,32H,5-6,8,10,12,14H2,1-4H3. The lowest BCUT2D eigenvalue weighted by molar-refractivity contribution is -0.149. The first-order valence-electron chi connectivity index (χ1n) is 12.1. The predicted molar refractivity (Wildman–Crippen MR) is 145 cm³/mol. The number of Topliss-reactive ketones (excluding diaryl/α,β-unsaturated/α-hetero) is 4. The van der Waals surface area contributed by atoms with E-state index in [1.54, 1.807) is 6.07 Å². The van der Waals surface area contributed by atoms with Crippen molar-refractivity contribution < 1.29 is 19.2 Å². The Morgan fingerprint density at radius 1 is 0.889 bits per heavy atom. The Balaban J connectivity index is 1.81. The molecule has 7 heteroatoms. The van der Waals surface area contributed by atoms with Crippen LogP contribution in [0.25, 0.3) is 10.9 Å². The summed E-state index contributed by atoms with van der Waals surface area (Å²) in [7, 11) is 0. The molecule has 1 fully saturated rings. The van der Waals surface area contributed by atoms with Crippen LogP contribution in [0.2, 0.25) is 10.0 Å². The maximum atomic E-state index is 12.5. The first-order valence-corrected chi connectivity index (χ1v) is 12.8. The number of hydrogen-bond donors (Lipinski definition) is 1. The molecule has 190 valence electrons. The molecule has 0 saturated heterocycles. The van der Waals surface area contributed by atoms with Crippen LogP contribution in [0.3, 0.4) is 0 Å². The fourth-order valence-corrected chi connectivity index (χ4v) is 5.06. The second-order valence-electron chi connectivity index (χ2n) is 9.66. The van der Waals surface area contributed by atoms with Crippen LogP contribution in [0, 0.1) is 0 Å². The summed E-state index contributed by atoms with van der Waals surface area (Å²) in [6.45, 7) is 8.45. The molecule has 0 amide bonds. The van der Waals surface area contributed by atoms with E-state index in [-0.39, 0.29) is 10.6 Å². The smallest absolute Gasteiger partial charge is 0.214 e. The third-order valence-electron chi connectivity index (χ3n) is 6.48. The first-order chi connectivity index (χ1) is 17.0. The first kappa shape index (κ1) is 27.8. The third-order valence-corrected chi connectivity index (χ3v) is 7.11. The summed E-state index contributed by atoms with van der Waals surface area (Å²) in [5.74, 6) is -4.95. The van der Waals surface area contributed by atoms with Crippen molar-refractivity contribution in [1.29, 1.82) is 0 Å². The van der Waals surface area contributed by atoms with Crippen LogP contribution in [-0.2, 0) is 25.6 Å². The molecule has 0 bridgehead atoms. The Kier molecular flexibility index (Phi) is 9.26. The van der Waals surface area contributed by atoms with Gasteiger partial charge in [0.25, 0.3) is 0 Å². The molecule has 1 N–H and O–H groups in total. The molecule has 0 aliphatic heterocycles. The van der Waals surface area contributed by atoms with Crippen molar-refractivity contribution in [2.24, 2.45) is 0 Å². The van der Waals surface area contributed by atoms with E-state index in [1.807, 2.05) is 0 Å². The van der Waals surface area contributed by atoms with Crippen molar-refractivity contribution in [1.82, 2.24) is 4.98 Å². The lowest BCUT2D eigenvalue weighted by atomic mass is 9.80. The van der Waals surface area contributed by atoms with E-state index in [4.69, 9.17) is 23.2 Å². The Labute approximate surface area is 221 Å². The van der Waals surface area contributed by atoms with Crippen molar-refractivity contribution >= 4 is 57.2 Å². The molecule has 2 aromatic rings. The Hall–Kier alpha value is -2.76. The maximum Gasteiger partial charge on any atom is 0.214 e. The van der Waals surface area contributed by atoms with E-state index in [1.165, 1.54) is 22.9 Å². The van der Waals surface area contributed by atoms with Gasteiger partial charge in [0.15, 0.2) is 0 Å². The highest BCUT2D eigenvalue weighted by Crippen LogP contribution is 2.39. The van der Waals surface area contributed by atoms with Crippen molar-refractivity contribution in [3.05, 3.63) is 68.4 Å². The largest absolute Gasteiger partial charge is 0.361 e. The predicted octanol–water partition coefficient (Wildman–Crippen LogP) is 7.20. The molecule has 0 unspecified atom stereocenters. The highest BCUT2D eigenvalue weighted by Gasteiger charge is 2.43. The van der Waals surface area contributed by atoms with Crippen molar-refractivity contribution in [3.63, 3.8) is 0 Å². The van der Waals surface area contributed by atoms with Gasteiger partial charge < -0.3 is 4.98 Å². The average molecular weight is 528 g/mol. The molecule has 1 aliphatic rings. The molecular formula is C29H31Cl2NO4. The second kappa shape index (κ2) is 12.0. The van der Waals surface area contributed by atoms with Gasteiger partial charge in [0, 0.05) is 16.6 Å². The monoisotopic (exact) mass is 527 g/mol. The minimum absolute atomic E-state index is 0.235. The number of ketones is 4. The van der Waals surface area contributed by atoms with Crippen molar-refractivity contribution in [2.45, 2.75) is 72.1 Å². The lowest BCUT2D eigenvalue weighted by Gasteiger charge is -2.17. The number of aromatic amines is 1. The van der Waals surface area contributed by atoms with Crippen LogP contribution in [0.15, 0.2) is 47.2 Å². The van der Waals surface area contributed by atoms with Gasteiger partial charge in [-0.25, -0.2) is 0 Å². The van der Waals surface area contributed by atoms with E-state index in [2.05, 4.69) is 50.9 Å². The number of halogens is 2. The van der Waals surface area contributed by atoms with E-state index >= 15 is 0 Å². The summed E-state index contributed by atoms with van der Waals surface area (Å²) >= 11 is 13.0. The Morgan fingerprint density at radius 2 is 1.47 bits per heavy atom. The van der Waals surface area contributed by atoms with Crippen LogP contribution < -0.4 is 0 Å². The van der Waals surface area contributed by atoms with Crippen molar-refractivity contribution in [2.75, 3.05) is 0 Å². The second-order valence-corrected chi connectivity index (χ2v) is 10.5. The number of benzene rings is 1. The highest BCUT2D eigenvalue weighted by atomic mass is 35.5. The molecule has 0 spiro atoms. The molecule has 3 rings (SSSR count). The minimum Gasteiger partial charge on any atom is -0.361 e. The molecule has 1 saturated carbocycles. The zero-order valence-corrected chi connectivity index (χ0v) is 22.6. The van der Waals surface area contributed by atoms with Crippen LogP contribution in [-0.4, -0.2) is 28.1 Å². The zero-order chi connectivity index (χ0) is 26.6. The fraction of sp³-hybridized carbons (Fsp3) is 0.379. The summed E-state index contributed by atoms with van der Waals surface area (Å²) in [6.07, 6.45) is 11.9. The lowest BCUT2D eigenvalue weighted by Crippen LogP contribution is -2.40. The summed E-state index contributed by atoms with van der Waals surface area (Å²) in [4.78, 5) is 52.1. The maximum absolute atomic E-state index is 12.5. The van der Waals surface area contributed by atoms with E-state index in [0.717, 1.165) is 31.2 Å². The van der Waals surface area contributed by atoms with Crippen LogP contribution >= 0.6 is 23.2 Å². The number of hydrogen-bond acceptors (Lipinski definition) is 4. The fourth-order valence-electron chi connectivity index (χ4n) is 4.41. The van der Waals surface area contributed by atoms with Gasteiger partial charge >= 0.3 is 0 Å². The number of carbonyl (C=O) groups is 4. The molecule has 1 aromatic carbocycles.